The Morgan fingerprint density at radius 3 is 1.97 bits per heavy atom. The third-order valence-electron chi connectivity index (χ3n) is 5.62. The average molecular weight is 418 g/mol. The van der Waals surface area contributed by atoms with E-state index in [-0.39, 0.29) is 5.28 Å². The van der Waals surface area contributed by atoms with E-state index in [1.54, 1.807) is 0 Å². The molecule has 6 aromatic rings. The molecule has 1 aromatic heterocycles. The number of fused-ring (bicyclic) bond motifs is 5. The minimum absolute atomic E-state index is 0.188. The van der Waals surface area contributed by atoms with Crippen LogP contribution in [0.5, 0.6) is 0 Å². The Labute approximate surface area is 184 Å². The van der Waals surface area contributed by atoms with Gasteiger partial charge in [-0.05, 0) is 50.0 Å². The number of aromatic nitrogens is 3. The van der Waals surface area contributed by atoms with Crippen molar-refractivity contribution in [2.45, 2.75) is 0 Å². The standard InChI is InChI=1S/C27H16ClN3/c28-27-30-25(19-7-2-1-3-8-19)29-26(31-27)21-14-15-23-20(16-21)13-12-18-11-10-17-6-4-5-9-22(17)24(18)23/h1-16H. The number of hydrogen-bond donors (Lipinski definition) is 0. The Kier molecular flexibility index (Phi) is 4.15. The summed E-state index contributed by atoms with van der Waals surface area (Å²) in [4.78, 5) is 13.4. The number of rotatable bonds is 2. The summed E-state index contributed by atoms with van der Waals surface area (Å²) < 4.78 is 0. The lowest BCUT2D eigenvalue weighted by molar-refractivity contribution is 1.07. The molecule has 0 bridgehead atoms. The second-order valence-electron chi connectivity index (χ2n) is 7.50. The predicted octanol–water partition coefficient (Wildman–Crippen LogP) is 7.32. The lowest BCUT2D eigenvalue weighted by Crippen LogP contribution is -1.97. The van der Waals surface area contributed by atoms with Gasteiger partial charge in [-0.15, -0.1) is 0 Å². The quantitative estimate of drug-likeness (QED) is 0.277. The molecule has 0 N–H and O–H groups in total. The van der Waals surface area contributed by atoms with Crippen LogP contribution in [-0.4, -0.2) is 15.0 Å². The Balaban J connectivity index is 1.56. The Bertz CT molecular complexity index is 1590. The van der Waals surface area contributed by atoms with Crippen LogP contribution in [0.2, 0.25) is 5.28 Å². The molecule has 0 fully saturated rings. The summed E-state index contributed by atoms with van der Waals surface area (Å²) in [6.45, 7) is 0. The predicted molar refractivity (Wildman–Crippen MR) is 128 cm³/mol. The van der Waals surface area contributed by atoms with E-state index in [0.29, 0.717) is 11.6 Å². The number of benzene rings is 5. The largest absolute Gasteiger partial charge is 0.226 e. The highest BCUT2D eigenvalue weighted by Crippen LogP contribution is 2.34. The summed E-state index contributed by atoms with van der Waals surface area (Å²) >= 11 is 6.25. The van der Waals surface area contributed by atoms with E-state index >= 15 is 0 Å². The van der Waals surface area contributed by atoms with E-state index in [9.17, 15) is 0 Å². The third-order valence-corrected chi connectivity index (χ3v) is 5.79. The van der Waals surface area contributed by atoms with E-state index in [1.807, 2.05) is 30.3 Å². The molecule has 6 rings (SSSR count). The third kappa shape index (κ3) is 3.11. The van der Waals surface area contributed by atoms with Gasteiger partial charge >= 0.3 is 0 Å². The second kappa shape index (κ2) is 7.15. The molecule has 5 aromatic carbocycles. The lowest BCUT2D eigenvalue weighted by atomic mass is 9.95. The molecule has 0 aliphatic carbocycles. The Morgan fingerprint density at radius 2 is 1.13 bits per heavy atom. The maximum absolute atomic E-state index is 6.25. The van der Waals surface area contributed by atoms with Crippen molar-refractivity contribution in [2.24, 2.45) is 0 Å². The van der Waals surface area contributed by atoms with Gasteiger partial charge in [0.15, 0.2) is 11.6 Å². The zero-order valence-electron chi connectivity index (χ0n) is 16.5. The molecule has 0 aliphatic rings. The van der Waals surface area contributed by atoms with E-state index in [0.717, 1.165) is 16.5 Å². The maximum Gasteiger partial charge on any atom is 0.226 e. The number of halogens is 1. The van der Waals surface area contributed by atoms with Gasteiger partial charge in [0.1, 0.15) is 0 Å². The fourth-order valence-electron chi connectivity index (χ4n) is 4.17. The fraction of sp³-hybridized carbons (Fsp3) is 0. The van der Waals surface area contributed by atoms with Crippen molar-refractivity contribution in [1.82, 2.24) is 15.0 Å². The molecule has 3 nitrogen and oxygen atoms in total. The number of hydrogen-bond acceptors (Lipinski definition) is 3. The molecule has 4 heteroatoms. The molecule has 146 valence electrons. The SMILES string of the molecule is Clc1nc(-c2ccccc2)nc(-c2ccc3c(ccc4ccc5ccccc5c43)c2)n1. The van der Waals surface area contributed by atoms with Crippen LogP contribution in [0.15, 0.2) is 97.1 Å². The van der Waals surface area contributed by atoms with Crippen molar-refractivity contribution in [3.63, 3.8) is 0 Å². The Morgan fingerprint density at radius 1 is 0.484 bits per heavy atom. The first-order chi connectivity index (χ1) is 15.3. The maximum atomic E-state index is 6.25. The van der Waals surface area contributed by atoms with E-state index in [1.165, 1.54) is 26.9 Å². The molecule has 0 amide bonds. The van der Waals surface area contributed by atoms with Crippen molar-refractivity contribution in [3.05, 3.63) is 102 Å². The van der Waals surface area contributed by atoms with Crippen LogP contribution in [0, 0.1) is 0 Å². The zero-order chi connectivity index (χ0) is 20.8. The van der Waals surface area contributed by atoms with E-state index < -0.39 is 0 Å². The summed E-state index contributed by atoms with van der Waals surface area (Å²) in [5, 5.41) is 7.53. The molecule has 0 radical (unpaired) electrons. The second-order valence-corrected chi connectivity index (χ2v) is 7.84. The van der Waals surface area contributed by atoms with Crippen molar-refractivity contribution in [2.75, 3.05) is 0 Å². The summed E-state index contributed by atoms with van der Waals surface area (Å²) in [6, 6.07) is 33.3. The van der Waals surface area contributed by atoms with Crippen LogP contribution in [0.4, 0.5) is 0 Å². The van der Waals surface area contributed by atoms with Crippen LogP contribution in [-0.2, 0) is 0 Å². The molecule has 0 atom stereocenters. The van der Waals surface area contributed by atoms with Crippen molar-refractivity contribution in [3.8, 4) is 22.8 Å². The lowest BCUT2D eigenvalue weighted by Gasteiger charge is -2.10. The normalized spacial score (nSPS) is 11.4. The van der Waals surface area contributed by atoms with Gasteiger partial charge in [-0.3, -0.25) is 0 Å². The van der Waals surface area contributed by atoms with Crippen molar-refractivity contribution < 1.29 is 0 Å². The molecule has 0 unspecified atom stereocenters. The summed E-state index contributed by atoms with van der Waals surface area (Å²) in [6.07, 6.45) is 0. The molecule has 0 saturated carbocycles. The first kappa shape index (κ1) is 18.0. The molecule has 31 heavy (non-hydrogen) atoms. The van der Waals surface area contributed by atoms with Gasteiger partial charge in [0, 0.05) is 11.1 Å². The zero-order valence-corrected chi connectivity index (χ0v) is 17.2. The summed E-state index contributed by atoms with van der Waals surface area (Å²) in [7, 11) is 0. The van der Waals surface area contributed by atoms with Gasteiger partial charge in [-0.2, -0.15) is 9.97 Å². The van der Waals surface area contributed by atoms with Gasteiger partial charge < -0.3 is 0 Å². The van der Waals surface area contributed by atoms with Gasteiger partial charge in [0.05, 0.1) is 0 Å². The van der Waals surface area contributed by atoms with Crippen LogP contribution in [0.3, 0.4) is 0 Å². The van der Waals surface area contributed by atoms with Gasteiger partial charge in [0.25, 0.3) is 0 Å². The highest BCUT2D eigenvalue weighted by molar-refractivity contribution is 6.28. The number of nitrogens with zero attached hydrogens (tertiary/aromatic N) is 3. The Hall–Kier alpha value is -3.82. The van der Waals surface area contributed by atoms with Crippen LogP contribution >= 0.6 is 11.6 Å². The molecule has 0 spiro atoms. The monoisotopic (exact) mass is 417 g/mol. The molecular formula is C27H16ClN3. The van der Waals surface area contributed by atoms with Gasteiger partial charge in [-0.25, -0.2) is 4.98 Å². The van der Waals surface area contributed by atoms with Gasteiger partial charge in [0.2, 0.25) is 5.28 Å². The molecule has 0 aliphatic heterocycles. The molecular weight excluding hydrogens is 402 g/mol. The van der Waals surface area contributed by atoms with Crippen molar-refractivity contribution >= 4 is 43.9 Å². The van der Waals surface area contributed by atoms with Crippen LogP contribution in [0.25, 0.3) is 55.1 Å². The van der Waals surface area contributed by atoms with Crippen LogP contribution in [0.1, 0.15) is 0 Å². The minimum Gasteiger partial charge on any atom is -0.208 e. The highest BCUT2D eigenvalue weighted by atomic mass is 35.5. The summed E-state index contributed by atoms with van der Waals surface area (Å²) in [5.74, 6) is 1.14. The minimum atomic E-state index is 0.188. The highest BCUT2D eigenvalue weighted by Gasteiger charge is 2.11. The molecule has 1 heterocycles. The summed E-state index contributed by atoms with van der Waals surface area (Å²) in [5.41, 5.74) is 1.82. The first-order valence-electron chi connectivity index (χ1n) is 10.1. The molecule has 0 saturated heterocycles. The van der Waals surface area contributed by atoms with E-state index in [4.69, 9.17) is 11.6 Å². The fourth-order valence-corrected chi connectivity index (χ4v) is 4.33. The average Bonchev–Trinajstić information content (AvgIpc) is 2.83. The topological polar surface area (TPSA) is 38.7 Å². The van der Waals surface area contributed by atoms with Crippen molar-refractivity contribution in [1.29, 1.82) is 0 Å². The van der Waals surface area contributed by atoms with E-state index in [2.05, 4.69) is 81.7 Å². The van der Waals surface area contributed by atoms with Gasteiger partial charge in [-0.1, -0.05) is 91.0 Å². The van der Waals surface area contributed by atoms with Crippen LogP contribution < -0.4 is 0 Å². The smallest absolute Gasteiger partial charge is 0.208 e. The first-order valence-corrected chi connectivity index (χ1v) is 10.5.